The van der Waals surface area contributed by atoms with Crippen LogP contribution < -0.4 is 4.72 Å². The van der Waals surface area contributed by atoms with Crippen molar-refractivity contribution in [1.82, 2.24) is 4.72 Å². The molecule has 0 fully saturated rings. The maximum atomic E-state index is 12.4. The average Bonchev–Trinajstić information content (AvgIpc) is 2.48. The highest BCUT2D eigenvalue weighted by molar-refractivity contribution is 7.89. The van der Waals surface area contributed by atoms with Crippen LogP contribution in [-0.2, 0) is 14.8 Å². The number of nitrogens with one attached hydrogen (secondary N) is 1. The lowest BCUT2D eigenvalue weighted by atomic mass is 10.1. The Morgan fingerprint density at radius 1 is 1.05 bits per heavy atom. The van der Waals surface area contributed by atoms with Gasteiger partial charge in [-0.25, -0.2) is 8.42 Å². The van der Waals surface area contributed by atoms with E-state index in [0.29, 0.717) is 5.56 Å². The third-order valence-electron chi connectivity index (χ3n) is 3.44. The van der Waals surface area contributed by atoms with Crippen molar-refractivity contribution in [3.63, 3.8) is 0 Å². The number of sulfonamides is 1. The molecule has 2 aromatic rings. The molecule has 2 rings (SSSR count). The molecule has 0 aliphatic rings. The minimum atomic E-state index is -3.92. The predicted octanol–water partition coefficient (Wildman–Crippen LogP) is 2.41. The maximum Gasteiger partial charge on any atom is 0.326 e. The van der Waals surface area contributed by atoms with Crippen LogP contribution in [0.1, 0.15) is 22.7 Å². The number of aryl methyl sites for hydroxylation is 2. The summed E-state index contributed by atoms with van der Waals surface area (Å²) in [4.78, 5) is 11.5. The van der Waals surface area contributed by atoms with E-state index in [9.17, 15) is 18.3 Å². The molecule has 0 aliphatic heterocycles. The second-order valence-electron chi connectivity index (χ2n) is 5.05. The lowest BCUT2D eigenvalue weighted by Crippen LogP contribution is -2.33. The van der Waals surface area contributed by atoms with E-state index in [4.69, 9.17) is 0 Å². The van der Waals surface area contributed by atoms with Crippen LogP contribution in [-0.4, -0.2) is 19.5 Å². The molecule has 0 bridgehead atoms. The number of carboxylic acid groups (broad SMARTS) is 1. The Labute approximate surface area is 129 Å². The van der Waals surface area contributed by atoms with Gasteiger partial charge in [0.15, 0.2) is 0 Å². The van der Waals surface area contributed by atoms with Crippen LogP contribution in [0.25, 0.3) is 0 Å². The van der Waals surface area contributed by atoms with Crippen molar-refractivity contribution >= 4 is 16.0 Å². The highest BCUT2D eigenvalue weighted by Crippen LogP contribution is 2.19. The number of aliphatic carboxylic acids is 1. The van der Waals surface area contributed by atoms with Gasteiger partial charge in [-0.2, -0.15) is 4.72 Å². The molecule has 116 valence electrons. The van der Waals surface area contributed by atoms with Gasteiger partial charge in [0.05, 0.1) is 4.90 Å². The summed E-state index contributed by atoms with van der Waals surface area (Å²) < 4.78 is 27.1. The molecule has 0 saturated carbocycles. The highest BCUT2D eigenvalue weighted by atomic mass is 32.2. The number of benzene rings is 2. The highest BCUT2D eigenvalue weighted by Gasteiger charge is 2.26. The summed E-state index contributed by atoms with van der Waals surface area (Å²) in [5, 5.41) is 9.31. The second-order valence-corrected chi connectivity index (χ2v) is 6.76. The average molecular weight is 319 g/mol. The minimum Gasteiger partial charge on any atom is -0.480 e. The van der Waals surface area contributed by atoms with Gasteiger partial charge in [-0.15, -0.1) is 0 Å². The predicted molar refractivity (Wildman–Crippen MR) is 83.1 cm³/mol. The SMILES string of the molecule is Cc1ccc(S(=O)(=O)NC(C(=O)O)c2ccccc2)cc1C. The first kappa shape index (κ1) is 16.2. The van der Waals surface area contributed by atoms with Crippen molar-refractivity contribution < 1.29 is 18.3 Å². The molecule has 0 amide bonds. The standard InChI is InChI=1S/C16H17NO4S/c1-11-8-9-14(10-12(11)2)22(20,21)17-15(16(18)19)13-6-4-3-5-7-13/h3-10,15,17H,1-2H3,(H,18,19). The number of hydrogen-bond donors (Lipinski definition) is 2. The molecule has 22 heavy (non-hydrogen) atoms. The third-order valence-corrected chi connectivity index (χ3v) is 4.86. The van der Waals surface area contributed by atoms with Gasteiger partial charge >= 0.3 is 5.97 Å². The number of hydrogen-bond acceptors (Lipinski definition) is 3. The van der Waals surface area contributed by atoms with Gasteiger partial charge in [0, 0.05) is 0 Å². The molecule has 0 saturated heterocycles. The molecule has 0 aromatic heterocycles. The van der Waals surface area contributed by atoms with Gasteiger partial charge in [-0.3, -0.25) is 4.79 Å². The second kappa shape index (κ2) is 6.29. The number of carboxylic acids is 1. The van der Waals surface area contributed by atoms with Gasteiger partial charge in [-0.05, 0) is 42.7 Å². The third kappa shape index (κ3) is 3.52. The summed E-state index contributed by atoms with van der Waals surface area (Å²) in [6.45, 7) is 3.68. The van der Waals surface area contributed by atoms with Crippen LogP contribution in [0.5, 0.6) is 0 Å². The Morgan fingerprint density at radius 3 is 2.23 bits per heavy atom. The summed E-state index contributed by atoms with van der Waals surface area (Å²) in [6.07, 6.45) is 0. The van der Waals surface area contributed by atoms with Gasteiger partial charge in [0.2, 0.25) is 10.0 Å². The van der Waals surface area contributed by atoms with E-state index in [1.54, 1.807) is 43.3 Å². The van der Waals surface area contributed by atoms with Crippen LogP contribution in [0.4, 0.5) is 0 Å². The van der Waals surface area contributed by atoms with E-state index >= 15 is 0 Å². The molecule has 1 atom stereocenters. The van der Waals surface area contributed by atoms with E-state index in [2.05, 4.69) is 4.72 Å². The zero-order chi connectivity index (χ0) is 16.3. The molecule has 0 aliphatic carbocycles. The summed E-state index contributed by atoms with van der Waals surface area (Å²) in [6, 6.07) is 11.6. The van der Waals surface area contributed by atoms with E-state index in [1.165, 1.54) is 12.1 Å². The lowest BCUT2D eigenvalue weighted by Gasteiger charge is -2.15. The van der Waals surface area contributed by atoms with Crippen LogP contribution >= 0.6 is 0 Å². The molecular formula is C16H17NO4S. The summed E-state index contributed by atoms with van der Waals surface area (Å²) in [5.74, 6) is -1.25. The van der Waals surface area contributed by atoms with Crippen molar-refractivity contribution in [3.05, 3.63) is 65.2 Å². The monoisotopic (exact) mass is 319 g/mol. The van der Waals surface area contributed by atoms with E-state index in [0.717, 1.165) is 11.1 Å². The largest absolute Gasteiger partial charge is 0.480 e. The van der Waals surface area contributed by atoms with Crippen LogP contribution in [0.3, 0.4) is 0 Å². The van der Waals surface area contributed by atoms with Gasteiger partial charge in [-0.1, -0.05) is 36.4 Å². The fourth-order valence-electron chi connectivity index (χ4n) is 2.01. The van der Waals surface area contributed by atoms with Crippen molar-refractivity contribution in [1.29, 1.82) is 0 Å². The Morgan fingerprint density at radius 2 is 1.68 bits per heavy atom. The Kier molecular flexibility index (Phi) is 4.63. The number of rotatable bonds is 5. The van der Waals surface area contributed by atoms with Crippen LogP contribution in [0.15, 0.2) is 53.4 Å². The molecule has 6 heteroatoms. The maximum absolute atomic E-state index is 12.4. The van der Waals surface area contributed by atoms with Crippen molar-refractivity contribution in [2.75, 3.05) is 0 Å². The van der Waals surface area contributed by atoms with Crippen molar-refractivity contribution in [2.24, 2.45) is 0 Å². The zero-order valence-electron chi connectivity index (χ0n) is 12.3. The molecule has 2 N–H and O–H groups in total. The van der Waals surface area contributed by atoms with E-state index in [1.807, 2.05) is 6.92 Å². The van der Waals surface area contributed by atoms with Gasteiger partial charge in [0.25, 0.3) is 0 Å². The molecule has 0 heterocycles. The quantitative estimate of drug-likeness (QED) is 0.886. The Bertz CT molecular complexity index is 785. The lowest BCUT2D eigenvalue weighted by molar-refractivity contribution is -0.139. The van der Waals surface area contributed by atoms with Crippen LogP contribution in [0.2, 0.25) is 0 Å². The van der Waals surface area contributed by atoms with E-state index in [-0.39, 0.29) is 4.90 Å². The van der Waals surface area contributed by atoms with Gasteiger partial charge in [0.1, 0.15) is 6.04 Å². The summed E-state index contributed by atoms with van der Waals surface area (Å²) in [7, 11) is -3.92. The first-order valence-electron chi connectivity index (χ1n) is 6.68. The first-order chi connectivity index (χ1) is 10.3. The van der Waals surface area contributed by atoms with E-state index < -0.39 is 22.0 Å². The molecule has 0 radical (unpaired) electrons. The molecule has 0 spiro atoms. The zero-order valence-corrected chi connectivity index (χ0v) is 13.1. The smallest absolute Gasteiger partial charge is 0.326 e. The van der Waals surface area contributed by atoms with Gasteiger partial charge < -0.3 is 5.11 Å². The molecular weight excluding hydrogens is 302 g/mol. The molecule has 2 aromatic carbocycles. The van der Waals surface area contributed by atoms with Crippen molar-refractivity contribution in [3.8, 4) is 0 Å². The Balaban J connectivity index is 2.36. The molecule has 5 nitrogen and oxygen atoms in total. The summed E-state index contributed by atoms with van der Waals surface area (Å²) in [5.41, 5.74) is 2.17. The fourth-order valence-corrected chi connectivity index (χ4v) is 3.27. The van der Waals surface area contributed by atoms with Crippen LogP contribution in [0, 0.1) is 13.8 Å². The van der Waals surface area contributed by atoms with Crippen molar-refractivity contribution in [2.45, 2.75) is 24.8 Å². The Hall–Kier alpha value is -2.18. The fraction of sp³-hybridized carbons (Fsp3) is 0.188. The first-order valence-corrected chi connectivity index (χ1v) is 8.17. The molecule has 1 unspecified atom stereocenters. The topological polar surface area (TPSA) is 83.5 Å². The normalized spacial score (nSPS) is 12.8. The summed E-state index contributed by atoms with van der Waals surface area (Å²) >= 11 is 0. The number of carbonyl (C=O) groups is 1. The minimum absolute atomic E-state index is 0.0535.